The lowest BCUT2D eigenvalue weighted by atomic mass is 9.63. The first-order chi connectivity index (χ1) is 8.85. The van der Waals surface area contributed by atoms with Gasteiger partial charge in [0.25, 0.3) is 0 Å². The molecule has 1 nitrogen and oxygen atoms in total. The standard InChI is InChI=1S/C17H26O/c1-2-12-13(4-3-7-18)15-9-14(12)16-10-5-6-11(8-10)17(15)16/h5-6,10-18H,2-4,7-9H2,1H3. The van der Waals surface area contributed by atoms with Crippen LogP contribution in [0.5, 0.6) is 0 Å². The summed E-state index contributed by atoms with van der Waals surface area (Å²) in [6, 6.07) is 0. The topological polar surface area (TPSA) is 20.2 Å². The average molecular weight is 246 g/mol. The molecule has 3 fully saturated rings. The third kappa shape index (κ3) is 1.32. The first-order valence-corrected chi connectivity index (χ1v) is 8.14. The van der Waals surface area contributed by atoms with Crippen LogP contribution < -0.4 is 0 Å². The Morgan fingerprint density at radius 3 is 2.28 bits per heavy atom. The second-order valence-electron chi connectivity index (χ2n) is 7.27. The lowest BCUT2D eigenvalue weighted by molar-refractivity contribution is 0.0753. The van der Waals surface area contributed by atoms with Crippen molar-refractivity contribution in [2.45, 2.75) is 39.0 Å². The Bertz CT molecular complexity index is 361. The van der Waals surface area contributed by atoms with Gasteiger partial charge in [-0.15, -0.1) is 0 Å². The zero-order valence-electron chi connectivity index (χ0n) is 11.5. The minimum absolute atomic E-state index is 0.393. The molecule has 18 heavy (non-hydrogen) atoms. The van der Waals surface area contributed by atoms with Crippen LogP contribution in [0.15, 0.2) is 12.2 Å². The van der Waals surface area contributed by atoms with E-state index in [-0.39, 0.29) is 0 Å². The fourth-order valence-electron chi connectivity index (χ4n) is 6.65. The second kappa shape index (κ2) is 4.10. The normalized spacial score (nSPS) is 55.4. The minimum Gasteiger partial charge on any atom is -0.396 e. The number of aliphatic hydroxyl groups is 1. The highest BCUT2D eigenvalue weighted by Gasteiger charge is 2.63. The zero-order valence-corrected chi connectivity index (χ0v) is 11.5. The Kier molecular flexibility index (Phi) is 2.62. The van der Waals surface area contributed by atoms with Gasteiger partial charge in [0.15, 0.2) is 0 Å². The SMILES string of the molecule is CCC1C(CCCO)C2CC1C1C3C=CC(C3)C21. The van der Waals surface area contributed by atoms with E-state index in [0.29, 0.717) is 6.61 Å². The number of hydrogen-bond acceptors (Lipinski definition) is 1. The molecule has 4 rings (SSSR count). The van der Waals surface area contributed by atoms with Crippen LogP contribution in [0.25, 0.3) is 0 Å². The van der Waals surface area contributed by atoms with Crippen LogP contribution in [0.3, 0.4) is 0 Å². The number of aliphatic hydroxyl groups excluding tert-OH is 1. The summed E-state index contributed by atoms with van der Waals surface area (Å²) in [4.78, 5) is 0. The molecule has 1 heteroatoms. The first kappa shape index (κ1) is 11.5. The van der Waals surface area contributed by atoms with Crippen molar-refractivity contribution in [1.82, 2.24) is 0 Å². The summed E-state index contributed by atoms with van der Waals surface area (Å²) >= 11 is 0. The van der Waals surface area contributed by atoms with Gasteiger partial charge in [0, 0.05) is 6.61 Å². The van der Waals surface area contributed by atoms with Gasteiger partial charge in [0.1, 0.15) is 0 Å². The maximum atomic E-state index is 9.14. The molecule has 3 saturated carbocycles. The Labute approximate surface area is 111 Å². The molecule has 0 heterocycles. The van der Waals surface area contributed by atoms with E-state index in [1.165, 1.54) is 25.7 Å². The van der Waals surface area contributed by atoms with Crippen molar-refractivity contribution in [2.75, 3.05) is 6.61 Å². The minimum atomic E-state index is 0.393. The van der Waals surface area contributed by atoms with E-state index in [1.807, 2.05) is 0 Å². The van der Waals surface area contributed by atoms with Gasteiger partial charge in [-0.05, 0) is 73.0 Å². The maximum absolute atomic E-state index is 9.14. The molecular formula is C17H26O. The summed E-state index contributed by atoms with van der Waals surface area (Å²) in [5, 5.41) is 9.14. The van der Waals surface area contributed by atoms with Gasteiger partial charge >= 0.3 is 0 Å². The Balaban J connectivity index is 1.60. The largest absolute Gasteiger partial charge is 0.396 e. The third-order valence-electron chi connectivity index (χ3n) is 6.93. The van der Waals surface area contributed by atoms with E-state index in [9.17, 15) is 0 Å². The van der Waals surface area contributed by atoms with Crippen molar-refractivity contribution in [3.8, 4) is 0 Å². The highest BCUT2D eigenvalue weighted by atomic mass is 16.2. The molecule has 0 aliphatic heterocycles. The predicted molar refractivity (Wildman–Crippen MR) is 72.9 cm³/mol. The fourth-order valence-corrected chi connectivity index (χ4v) is 6.65. The average Bonchev–Trinajstić information content (AvgIpc) is 3.11. The molecule has 4 aliphatic carbocycles. The van der Waals surface area contributed by atoms with Crippen LogP contribution in [0.2, 0.25) is 0 Å². The molecule has 0 radical (unpaired) electrons. The van der Waals surface area contributed by atoms with Crippen molar-refractivity contribution in [2.24, 2.45) is 47.3 Å². The predicted octanol–water partition coefficient (Wildman–Crippen LogP) is 3.49. The number of rotatable bonds is 4. The van der Waals surface area contributed by atoms with Crippen molar-refractivity contribution in [1.29, 1.82) is 0 Å². The summed E-state index contributed by atoms with van der Waals surface area (Å²) < 4.78 is 0. The Morgan fingerprint density at radius 1 is 1.00 bits per heavy atom. The summed E-state index contributed by atoms with van der Waals surface area (Å²) in [6.07, 6.45) is 11.8. The molecule has 8 unspecified atom stereocenters. The molecular weight excluding hydrogens is 220 g/mol. The molecule has 0 aromatic carbocycles. The number of fused-ring (bicyclic) bond motifs is 9. The van der Waals surface area contributed by atoms with E-state index in [1.54, 1.807) is 0 Å². The summed E-state index contributed by atoms with van der Waals surface area (Å²) in [7, 11) is 0. The molecule has 100 valence electrons. The molecule has 0 aromatic rings. The monoisotopic (exact) mass is 246 g/mol. The highest BCUT2D eigenvalue weighted by molar-refractivity contribution is 5.21. The molecule has 0 saturated heterocycles. The van der Waals surface area contributed by atoms with Gasteiger partial charge in [0.2, 0.25) is 0 Å². The van der Waals surface area contributed by atoms with Gasteiger partial charge in [-0.3, -0.25) is 0 Å². The summed E-state index contributed by atoms with van der Waals surface area (Å²) in [6.45, 7) is 2.79. The highest BCUT2D eigenvalue weighted by Crippen LogP contribution is 2.69. The molecule has 0 amide bonds. The molecule has 0 aromatic heterocycles. The van der Waals surface area contributed by atoms with E-state index < -0.39 is 0 Å². The number of allylic oxidation sites excluding steroid dienone is 2. The lowest BCUT2D eigenvalue weighted by Crippen LogP contribution is -2.36. The zero-order chi connectivity index (χ0) is 12.3. The third-order valence-corrected chi connectivity index (χ3v) is 6.93. The number of hydrogen-bond donors (Lipinski definition) is 1. The van der Waals surface area contributed by atoms with E-state index >= 15 is 0 Å². The maximum Gasteiger partial charge on any atom is 0.0431 e. The summed E-state index contributed by atoms with van der Waals surface area (Å²) in [5.74, 6) is 7.95. The van der Waals surface area contributed by atoms with Crippen molar-refractivity contribution < 1.29 is 5.11 Å². The molecule has 4 aliphatic rings. The van der Waals surface area contributed by atoms with E-state index in [0.717, 1.165) is 53.8 Å². The van der Waals surface area contributed by atoms with Crippen LogP contribution >= 0.6 is 0 Å². The van der Waals surface area contributed by atoms with Crippen LogP contribution in [0.1, 0.15) is 39.0 Å². The summed E-state index contributed by atoms with van der Waals surface area (Å²) in [5.41, 5.74) is 0. The lowest BCUT2D eigenvalue weighted by Gasteiger charge is -2.42. The molecule has 0 spiro atoms. The van der Waals surface area contributed by atoms with Crippen molar-refractivity contribution in [3.05, 3.63) is 12.2 Å². The molecule has 1 N–H and O–H groups in total. The van der Waals surface area contributed by atoms with Crippen LogP contribution in [0, 0.1) is 47.3 Å². The Hall–Kier alpha value is -0.300. The van der Waals surface area contributed by atoms with Crippen LogP contribution in [0.4, 0.5) is 0 Å². The van der Waals surface area contributed by atoms with Crippen LogP contribution in [-0.2, 0) is 0 Å². The second-order valence-corrected chi connectivity index (χ2v) is 7.27. The van der Waals surface area contributed by atoms with Gasteiger partial charge in [-0.2, -0.15) is 0 Å². The van der Waals surface area contributed by atoms with Gasteiger partial charge < -0.3 is 5.11 Å². The Morgan fingerprint density at radius 2 is 1.67 bits per heavy atom. The smallest absolute Gasteiger partial charge is 0.0431 e. The van der Waals surface area contributed by atoms with Gasteiger partial charge in [-0.1, -0.05) is 25.5 Å². The van der Waals surface area contributed by atoms with E-state index in [4.69, 9.17) is 5.11 Å². The van der Waals surface area contributed by atoms with Gasteiger partial charge in [0.05, 0.1) is 0 Å². The fraction of sp³-hybridized carbons (Fsp3) is 0.882. The van der Waals surface area contributed by atoms with Crippen molar-refractivity contribution >= 4 is 0 Å². The van der Waals surface area contributed by atoms with E-state index in [2.05, 4.69) is 19.1 Å². The molecule has 8 atom stereocenters. The first-order valence-electron chi connectivity index (χ1n) is 8.14. The van der Waals surface area contributed by atoms with Gasteiger partial charge in [-0.25, -0.2) is 0 Å². The van der Waals surface area contributed by atoms with Crippen molar-refractivity contribution in [3.63, 3.8) is 0 Å². The quantitative estimate of drug-likeness (QED) is 0.594. The van der Waals surface area contributed by atoms with Crippen LogP contribution in [-0.4, -0.2) is 11.7 Å². The molecule has 4 bridgehead atoms.